The van der Waals surface area contributed by atoms with Gasteiger partial charge in [0.15, 0.2) is 0 Å². The molecule has 2 aliphatic carbocycles. The molecule has 3 rings (SSSR count). The summed E-state index contributed by atoms with van der Waals surface area (Å²) in [5.41, 5.74) is 1.19. The molecule has 24 heavy (non-hydrogen) atoms. The summed E-state index contributed by atoms with van der Waals surface area (Å²) in [6.45, 7) is 5.54. The maximum Gasteiger partial charge on any atom is 2.00 e. The van der Waals surface area contributed by atoms with E-state index in [0.29, 0.717) is 0 Å². The van der Waals surface area contributed by atoms with E-state index in [0.717, 1.165) is 6.42 Å². The summed E-state index contributed by atoms with van der Waals surface area (Å²) in [5.74, 6) is 0. The second kappa shape index (κ2) is 20.9. The standard InChI is InChI=1S/C7H10N2.2C5H5.C4H8.Zr/c1-9(2)7-3-5-8-6-4-7;2*1-2-4-5-3-1;1-3-4-2;/h3-6H,1-2H3;2*1-5H;3H,1,4H2,2H3;/q;;;;+2. The van der Waals surface area contributed by atoms with Crippen molar-refractivity contribution in [2.75, 3.05) is 19.0 Å². The molecule has 0 N–H and O–H groups in total. The Bertz CT molecular complexity index is 293. The van der Waals surface area contributed by atoms with Crippen molar-refractivity contribution in [1.82, 2.24) is 4.98 Å². The minimum Gasteiger partial charge on any atom is -0.378 e. The third kappa shape index (κ3) is 18.2. The molecule has 1 aromatic rings. The minimum absolute atomic E-state index is 0. The van der Waals surface area contributed by atoms with Crippen LogP contribution < -0.4 is 4.90 Å². The summed E-state index contributed by atoms with van der Waals surface area (Å²) >= 11 is 0. The van der Waals surface area contributed by atoms with Crippen molar-refractivity contribution >= 4 is 5.69 Å². The number of hydrogen-bond donors (Lipinski definition) is 0. The SMILES string of the molecule is CN(C)c1ccncc1.[CH2][CH]CC.[CH]1[CH][CH][CH][CH]1.[CH]1[CH][CH][CH][CH]1.[Zr+2]. The van der Waals surface area contributed by atoms with E-state index in [4.69, 9.17) is 0 Å². The monoisotopic (exact) mass is 398 g/mol. The zero-order valence-corrected chi connectivity index (χ0v) is 17.4. The van der Waals surface area contributed by atoms with Gasteiger partial charge in [-0.25, -0.2) is 0 Å². The van der Waals surface area contributed by atoms with E-state index in [-0.39, 0.29) is 26.2 Å². The molecule has 1 heterocycles. The molecule has 3 heteroatoms. The van der Waals surface area contributed by atoms with Gasteiger partial charge in [0.05, 0.1) is 0 Å². The van der Waals surface area contributed by atoms with E-state index >= 15 is 0 Å². The second-order valence-corrected chi connectivity index (χ2v) is 4.72. The van der Waals surface area contributed by atoms with Gasteiger partial charge in [0, 0.05) is 32.2 Å². The first kappa shape index (κ1) is 26.1. The van der Waals surface area contributed by atoms with Crippen molar-refractivity contribution in [2.45, 2.75) is 13.3 Å². The van der Waals surface area contributed by atoms with E-state index in [1.54, 1.807) is 12.4 Å². The smallest absolute Gasteiger partial charge is 0.378 e. The number of anilines is 1. The number of nitrogens with zero attached hydrogens (tertiary/aromatic N) is 2. The van der Waals surface area contributed by atoms with Gasteiger partial charge in [-0.2, -0.15) is 0 Å². The van der Waals surface area contributed by atoms with Crippen molar-refractivity contribution in [3.8, 4) is 0 Å². The summed E-state index contributed by atoms with van der Waals surface area (Å²) in [7, 11) is 4.02. The molecule has 1 aromatic heterocycles. The minimum atomic E-state index is 0. The number of pyridine rings is 1. The van der Waals surface area contributed by atoms with Crippen LogP contribution in [-0.4, -0.2) is 19.1 Å². The topological polar surface area (TPSA) is 16.1 Å². The predicted octanol–water partition coefficient (Wildman–Crippen LogP) is 4.62. The third-order valence-electron chi connectivity index (χ3n) is 2.58. The van der Waals surface area contributed by atoms with Crippen LogP contribution in [0.15, 0.2) is 24.5 Å². The molecule has 0 atom stereocenters. The normalized spacial score (nSPS) is 14.7. The third-order valence-corrected chi connectivity index (χ3v) is 2.58. The Morgan fingerprint density at radius 1 is 0.833 bits per heavy atom. The molecule has 0 aromatic carbocycles. The van der Waals surface area contributed by atoms with Crippen molar-refractivity contribution in [3.63, 3.8) is 0 Å². The Morgan fingerprint density at radius 3 is 1.29 bits per heavy atom. The molecule has 0 unspecified atom stereocenters. The zero-order valence-electron chi connectivity index (χ0n) is 15.0. The summed E-state index contributed by atoms with van der Waals surface area (Å²) in [4.78, 5) is 5.94. The molecule has 0 aliphatic heterocycles. The summed E-state index contributed by atoms with van der Waals surface area (Å²) in [6, 6.07) is 3.94. The first-order valence-electron chi connectivity index (χ1n) is 7.74. The molecular formula is C21H28N2Zr+2. The van der Waals surface area contributed by atoms with Gasteiger partial charge < -0.3 is 4.90 Å². The fraction of sp³-hybridized carbons (Fsp3) is 0.190. The van der Waals surface area contributed by atoms with Gasteiger partial charge in [0.1, 0.15) is 0 Å². The van der Waals surface area contributed by atoms with Gasteiger partial charge in [-0.3, -0.25) is 4.98 Å². The molecule has 2 nitrogen and oxygen atoms in total. The summed E-state index contributed by atoms with van der Waals surface area (Å²) in [6.07, 6.45) is 26.5. The maximum atomic E-state index is 3.90. The number of unbranched alkanes of at least 4 members (excludes halogenated alkanes) is 1. The summed E-state index contributed by atoms with van der Waals surface area (Å²) in [5, 5.41) is 0. The van der Waals surface area contributed by atoms with Crippen LogP contribution in [0.5, 0.6) is 0 Å². The van der Waals surface area contributed by atoms with Crippen molar-refractivity contribution in [3.05, 3.63) is 102 Å². The van der Waals surface area contributed by atoms with Gasteiger partial charge >= 0.3 is 26.2 Å². The largest absolute Gasteiger partial charge is 2.00 e. The van der Waals surface area contributed by atoms with Gasteiger partial charge in [-0.1, -0.05) is 13.3 Å². The molecule has 0 amide bonds. The van der Waals surface area contributed by atoms with E-state index < -0.39 is 0 Å². The maximum absolute atomic E-state index is 3.90. The zero-order chi connectivity index (χ0) is 17.2. The van der Waals surface area contributed by atoms with Gasteiger partial charge in [0.2, 0.25) is 0 Å². The van der Waals surface area contributed by atoms with Crippen LogP contribution in [0, 0.1) is 77.6 Å². The average Bonchev–Trinajstić information content (AvgIpc) is 3.33. The second-order valence-electron chi connectivity index (χ2n) is 4.72. The molecule has 0 saturated heterocycles. The Balaban J connectivity index is 0. The fourth-order valence-corrected chi connectivity index (χ4v) is 1.28. The first-order chi connectivity index (χ1) is 11.2. The van der Waals surface area contributed by atoms with Crippen LogP contribution in [0.25, 0.3) is 0 Å². The molecule has 2 fully saturated rings. The molecule has 2 aliphatic rings. The van der Waals surface area contributed by atoms with Gasteiger partial charge in [-0.05, 0) is 89.7 Å². The fourth-order valence-electron chi connectivity index (χ4n) is 1.28. The van der Waals surface area contributed by atoms with Crippen LogP contribution in [0.4, 0.5) is 5.69 Å². The molecule has 124 valence electrons. The predicted molar refractivity (Wildman–Crippen MR) is 102 cm³/mol. The van der Waals surface area contributed by atoms with E-state index in [2.05, 4.69) is 18.8 Å². The Morgan fingerprint density at radius 2 is 1.12 bits per heavy atom. The Kier molecular flexibility index (Phi) is 22.7. The van der Waals surface area contributed by atoms with Crippen LogP contribution in [0.2, 0.25) is 0 Å². The quantitative estimate of drug-likeness (QED) is 0.721. The molecule has 0 spiro atoms. The molecular weight excluding hydrogens is 371 g/mol. The number of hydrogen-bond acceptors (Lipinski definition) is 2. The average molecular weight is 400 g/mol. The summed E-state index contributed by atoms with van der Waals surface area (Å²) < 4.78 is 0. The van der Waals surface area contributed by atoms with Crippen molar-refractivity contribution in [1.29, 1.82) is 0 Å². The van der Waals surface area contributed by atoms with Crippen molar-refractivity contribution in [2.24, 2.45) is 0 Å². The van der Waals surface area contributed by atoms with Gasteiger partial charge in [0.25, 0.3) is 0 Å². The van der Waals surface area contributed by atoms with Crippen LogP contribution in [-0.2, 0) is 26.2 Å². The van der Waals surface area contributed by atoms with E-state index in [1.807, 2.05) is 102 Å². The molecule has 12 radical (unpaired) electrons. The van der Waals surface area contributed by atoms with Crippen LogP contribution in [0.1, 0.15) is 13.3 Å². The Labute approximate surface area is 171 Å². The van der Waals surface area contributed by atoms with Gasteiger partial charge in [-0.15, -0.1) is 0 Å². The molecule has 2 saturated carbocycles. The van der Waals surface area contributed by atoms with Crippen molar-refractivity contribution < 1.29 is 26.2 Å². The number of aromatic nitrogens is 1. The van der Waals surface area contributed by atoms with Crippen LogP contribution >= 0.6 is 0 Å². The first-order valence-corrected chi connectivity index (χ1v) is 7.74. The van der Waals surface area contributed by atoms with Crippen LogP contribution in [0.3, 0.4) is 0 Å². The van der Waals surface area contributed by atoms with E-state index in [9.17, 15) is 0 Å². The number of rotatable bonds is 2. The molecule has 0 bridgehead atoms. The Hall–Kier alpha value is -0.167. The van der Waals surface area contributed by atoms with E-state index in [1.165, 1.54) is 5.69 Å².